The van der Waals surface area contributed by atoms with Crippen molar-refractivity contribution in [3.63, 3.8) is 0 Å². The van der Waals surface area contributed by atoms with E-state index in [-0.39, 0.29) is 12.5 Å². The minimum absolute atomic E-state index is 0.0657. The van der Waals surface area contributed by atoms with Gasteiger partial charge in [0.15, 0.2) is 5.96 Å². The summed E-state index contributed by atoms with van der Waals surface area (Å²) in [5.74, 6) is 0.601. The number of nitrogens with zero attached hydrogens (tertiary/aromatic N) is 1. The van der Waals surface area contributed by atoms with Crippen molar-refractivity contribution >= 4 is 11.9 Å². The van der Waals surface area contributed by atoms with Gasteiger partial charge in [-0.3, -0.25) is 4.79 Å². The first kappa shape index (κ1) is 16.7. The summed E-state index contributed by atoms with van der Waals surface area (Å²) in [5, 5.41) is 8.95. The van der Waals surface area contributed by atoms with Gasteiger partial charge in [0.25, 0.3) is 0 Å². The van der Waals surface area contributed by atoms with Crippen LogP contribution >= 0.6 is 0 Å². The number of nitrogens with one attached hydrogen (secondary N) is 3. The first-order valence-corrected chi connectivity index (χ1v) is 6.61. The summed E-state index contributed by atoms with van der Waals surface area (Å²) in [6.45, 7) is 9.66. The van der Waals surface area contributed by atoms with Gasteiger partial charge in [-0.05, 0) is 27.2 Å². The number of rotatable bonds is 9. The van der Waals surface area contributed by atoms with Crippen LogP contribution in [0, 0.1) is 0 Å². The lowest BCUT2D eigenvalue weighted by molar-refractivity contribution is -0.119. The molecule has 6 heteroatoms. The minimum atomic E-state index is -0.0657. The van der Waals surface area contributed by atoms with Crippen molar-refractivity contribution in [3.05, 3.63) is 0 Å². The van der Waals surface area contributed by atoms with Crippen LogP contribution in [0.2, 0.25) is 0 Å². The van der Waals surface area contributed by atoms with E-state index in [1.165, 1.54) is 0 Å². The van der Waals surface area contributed by atoms with Gasteiger partial charge in [0.2, 0.25) is 5.91 Å². The highest BCUT2D eigenvalue weighted by molar-refractivity contribution is 5.84. The molecule has 0 unspecified atom stereocenters. The van der Waals surface area contributed by atoms with Crippen LogP contribution in [-0.4, -0.2) is 51.3 Å². The fourth-order valence-corrected chi connectivity index (χ4v) is 1.27. The Kier molecular flexibility index (Phi) is 11.3. The highest BCUT2D eigenvalue weighted by Crippen LogP contribution is 1.81. The molecular weight excluding hydrogens is 232 g/mol. The second-order valence-corrected chi connectivity index (χ2v) is 3.63. The molecule has 0 aliphatic heterocycles. The van der Waals surface area contributed by atoms with E-state index in [4.69, 9.17) is 4.74 Å². The number of carbonyl (C=O) groups is 1. The topological polar surface area (TPSA) is 74.8 Å². The third kappa shape index (κ3) is 9.89. The Morgan fingerprint density at radius 3 is 2.44 bits per heavy atom. The van der Waals surface area contributed by atoms with E-state index in [0.29, 0.717) is 12.5 Å². The number of hydrogen-bond donors (Lipinski definition) is 3. The number of likely N-dealkylation sites (N-methyl/N-ethyl adjacent to an activating group) is 1. The van der Waals surface area contributed by atoms with Crippen molar-refractivity contribution in [2.45, 2.75) is 27.2 Å². The molecule has 0 aliphatic carbocycles. The minimum Gasteiger partial charge on any atom is -0.382 e. The van der Waals surface area contributed by atoms with Crippen molar-refractivity contribution in [1.82, 2.24) is 16.0 Å². The van der Waals surface area contributed by atoms with Crippen LogP contribution in [0.1, 0.15) is 27.2 Å². The quantitative estimate of drug-likeness (QED) is 0.312. The fraction of sp³-hybridized carbons (Fsp3) is 0.833. The second kappa shape index (κ2) is 12.2. The Morgan fingerprint density at radius 2 is 1.83 bits per heavy atom. The zero-order valence-corrected chi connectivity index (χ0v) is 11.7. The molecule has 0 saturated carbocycles. The molecule has 0 spiro atoms. The highest BCUT2D eigenvalue weighted by Gasteiger charge is 2.00. The van der Waals surface area contributed by atoms with Crippen molar-refractivity contribution in [2.24, 2.45) is 4.99 Å². The average molecular weight is 258 g/mol. The normalized spacial score (nSPS) is 11.2. The van der Waals surface area contributed by atoms with Crippen LogP contribution in [-0.2, 0) is 9.53 Å². The summed E-state index contributed by atoms with van der Waals surface area (Å²) in [5.41, 5.74) is 0. The summed E-state index contributed by atoms with van der Waals surface area (Å²) in [6.07, 6.45) is 0.916. The Balaban J connectivity index is 3.89. The Labute approximate surface area is 110 Å². The summed E-state index contributed by atoms with van der Waals surface area (Å²) in [7, 11) is 0. The lowest BCUT2D eigenvalue weighted by Gasteiger charge is -2.11. The van der Waals surface area contributed by atoms with Crippen molar-refractivity contribution < 1.29 is 9.53 Å². The molecule has 0 rings (SSSR count). The zero-order valence-electron chi connectivity index (χ0n) is 11.7. The van der Waals surface area contributed by atoms with E-state index in [1.807, 2.05) is 20.8 Å². The van der Waals surface area contributed by atoms with Gasteiger partial charge in [-0.1, -0.05) is 0 Å². The molecule has 0 saturated heterocycles. The SMILES string of the molecule is CCNC(=O)CN=C(NCC)NCCCOCC. The van der Waals surface area contributed by atoms with Crippen LogP contribution in [0.3, 0.4) is 0 Å². The van der Waals surface area contributed by atoms with E-state index in [2.05, 4.69) is 20.9 Å². The molecule has 0 fully saturated rings. The van der Waals surface area contributed by atoms with Gasteiger partial charge in [0.05, 0.1) is 0 Å². The molecule has 3 N–H and O–H groups in total. The molecule has 0 aromatic rings. The standard InChI is InChI=1S/C12H26N4O2/c1-4-13-11(17)10-16-12(14-5-2)15-8-7-9-18-6-3/h4-10H2,1-3H3,(H,13,17)(H2,14,15,16). The Morgan fingerprint density at radius 1 is 1.11 bits per heavy atom. The van der Waals surface area contributed by atoms with Gasteiger partial charge in [0, 0.05) is 32.8 Å². The summed E-state index contributed by atoms with van der Waals surface area (Å²) >= 11 is 0. The number of carbonyl (C=O) groups excluding carboxylic acids is 1. The van der Waals surface area contributed by atoms with Crippen LogP contribution < -0.4 is 16.0 Å². The van der Waals surface area contributed by atoms with Gasteiger partial charge in [-0.2, -0.15) is 0 Å². The molecule has 0 bridgehead atoms. The summed E-state index contributed by atoms with van der Waals surface area (Å²) in [4.78, 5) is 15.5. The third-order valence-electron chi connectivity index (χ3n) is 2.06. The Hall–Kier alpha value is -1.30. The molecule has 0 heterocycles. The molecule has 0 radical (unpaired) electrons. The molecule has 1 amide bonds. The van der Waals surface area contributed by atoms with Crippen LogP contribution in [0.25, 0.3) is 0 Å². The third-order valence-corrected chi connectivity index (χ3v) is 2.06. The number of aliphatic imine (C=N–C) groups is 1. The second-order valence-electron chi connectivity index (χ2n) is 3.63. The molecule has 18 heavy (non-hydrogen) atoms. The molecule has 6 nitrogen and oxygen atoms in total. The van der Waals surface area contributed by atoms with Gasteiger partial charge >= 0.3 is 0 Å². The van der Waals surface area contributed by atoms with E-state index in [0.717, 1.165) is 32.7 Å². The van der Waals surface area contributed by atoms with E-state index < -0.39 is 0 Å². The maximum Gasteiger partial charge on any atom is 0.241 e. The molecule has 0 aromatic heterocycles. The van der Waals surface area contributed by atoms with Crippen LogP contribution in [0.5, 0.6) is 0 Å². The molecule has 106 valence electrons. The molecule has 0 aliphatic rings. The average Bonchev–Trinajstić information content (AvgIpc) is 2.36. The monoisotopic (exact) mass is 258 g/mol. The smallest absolute Gasteiger partial charge is 0.241 e. The summed E-state index contributed by atoms with van der Waals surface area (Å²) in [6, 6.07) is 0. The summed E-state index contributed by atoms with van der Waals surface area (Å²) < 4.78 is 5.24. The lowest BCUT2D eigenvalue weighted by atomic mass is 10.4. The predicted molar refractivity (Wildman–Crippen MR) is 73.8 cm³/mol. The first-order chi connectivity index (χ1) is 8.74. The first-order valence-electron chi connectivity index (χ1n) is 6.61. The largest absolute Gasteiger partial charge is 0.382 e. The lowest BCUT2D eigenvalue weighted by Crippen LogP contribution is -2.39. The Bertz CT molecular complexity index is 244. The van der Waals surface area contributed by atoms with Gasteiger partial charge in [0.1, 0.15) is 6.54 Å². The molecular formula is C12H26N4O2. The van der Waals surface area contributed by atoms with Crippen LogP contribution in [0.15, 0.2) is 4.99 Å². The molecule has 0 atom stereocenters. The van der Waals surface area contributed by atoms with Crippen LogP contribution in [0.4, 0.5) is 0 Å². The molecule has 0 aromatic carbocycles. The maximum atomic E-state index is 11.3. The van der Waals surface area contributed by atoms with Gasteiger partial charge in [-0.25, -0.2) is 4.99 Å². The van der Waals surface area contributed by atoms with Gasteiger partial charge in [-0.15, -0.1) is 0 Å². The van der Waals surface area contributed by atoms with Crippen molar-refractivity contribution in [1.29, 1.82) is 0 Å². The number of amides is 1. The number of guanidine groups is 1. The maximum absolute atomic E-state index is 11.3. The predicted octanol–water partition coefficient (Wildman–Crippen LogP) is 0.104. The number of hydrogen-bond acceptors (Lipinski definition) is 3. The van der Waals surface area contributed by atoms with Crippen molar-refractivity contribution in [3.8, 4) is 0 Å². The van der Waals surface area contributed by atoms with E-state index >= 15 is 0 Å². The zero-order chi connectivity index (χ0) is 13.6. The van der Waals surface area contributed by atoms with E-state index in [1.54, 1.807) is 0 Å². The van der Waals surface area contributed by atoms with Crippen molar-refractivity contribution in [2.75, 3.05) is 39.4 Å². The fourth-order valence-electron chi connectivity index (χ4n) is 1.27. The van der Waals surface area contributed by atoms with Gasteiger partial charge < -0.3 is 20.7 Å². The highest BCUT2D eigenvalue weighted by atomic mass is 16.5. The number of ether oxygens (including phenoxy) is 1. The van der Waals surface area contributed by atoms with E-state index in [9.17, 15) is 4.79 Å².